The lowest BCUT2D eigenvalue weighted by Crippen LogP contribution is -2.42. The maximum absolute atomic E-state index is 11.6. The van der Waals surface area contributed by atoms with Crippen molar-refractivity contribution in [2.75, 3.05) is 0 Å². The molecular weight excluding hydrogens is 206 g/mol. The third kappa shape index (κ3) is 2.43. The van der Waals surface area contributed by atoms with Crippen molar-refractivity contribution >= 4 is 11.9 Å². The van der Waals surface area contributed by atoms with Crippen LogP contribution in [0.4, 0.5) is 0 Å². The third-order valence-corrected chi connectivity index (χ3v) is 3.35. The van der Waals surface area contributed by atoms with Crippen molar-refractivity contribution in [2.24, 2.45) is 0 Å². The predicted octanol–water partition coefficient (Wildman–Crippen LogP) is 1.61. The summed E-state index contributed by atoms with van der Waals surface area (Å²) in [6.45, 7) is 0. The molecule has 0 unspecified atom stereocenters. The van der Waals surface area contributed by atoms with E-state index in [1.807, 2.05) is 0 Å². The van der Waals surface area contributed by atoms with Gasteiger partial charge in [0.25, 0.3) is 0 Å². The fraction of sp³-hybridized carbons (Fsp3) is 0.667. The molecule has 88 valence electrons. The van der Waals surface area contributed by atoms with E-state index in [2.05, 4.69) is 5.32 Å². The molecule has 4 nitrogen and oxygen atoms in total. The molecule has 0 bridgehead atoms. The average molecular weight is 223 g/mol. The van der Waals surface area contributed by atoms with Crippen molar-refractivity contribution in [1.82, 2.24) is 5.32 Å². The van der Waals surface area contributed by atoms with Gasteiger partial charge in [0.15, 0.2) is 0 Å². The van der Waals surface area contributed by atoms with E-state index in [0.29, 0.717) is 12.8 Å². The highest BCUT2D eigenvalue weighted by Gasteiger charge is 2.51. The van der Waals surface area contributed by atoms with E-state index in [-0.39, 0.29) is 5.91 Å². The summed E-state index contributed by atoms with van der Waals surface area (Å²) in [5.74, 6) is -1.15. The number of amides is 1. The lowest BCUT2D eigenvalue weighted by Gasteiger charge is -2.15. The second kappa shape index (κ2) is 4.28. The molecule has 2 fully saturated rings. The number of carbonyl (C=O) groups excluding carboxylic acids is 1. The van der Waals surface area contributed by atoms with E-state index >= 15 is 0 Å². The van der Waals surface area contributed by atoms with Gasteiger partial charge >= 0.3 is 5.97 Å². The van der Waals surface area contributed by atoms with Gasteiger partial charge in [-0.05, 0) is 38.5 Å². The maximum atomic E-state index is 11.6. The SMILES string of the molecule is O=C(C=C1CCCCC1)NC1(C(=O)O)CC1. The molecule has 2 saturated carbocycles. The Morgan fingerprint density at radius 2 is 1.81 bits per heavy atom. The molecule has 4 heteroatoms. The molecule has 0 heterocycles. The van der Waals surface area contributed by atoms with E-state index in [9.17, 15) is 9.59 Å². The Balaban J connectivity index is 1.91. The number of allylic oxidation sites excluding steroid dienone is 1. The van der Waals surface area contributed by atoms with Crippen LogP contribution in [0, 0.1) is 0 Å². The number of carboxylic acid groups (broad SMARTS) is 1. The van der Waals surface area contributed by atoms with Crippen molar-refractivity contribution in [3.05, 3.63) is 11.6 Å². The number of rotatable bonds is 3. The highest BCUT2D eigenvalue weighted by Crippen LogP contribution is 2.35. The molecule has 0 atom stereocenters. The van der Waals surface area contributed by atoms with Crippen LogP contribution in [0.15, 0.2) is 11.6 Å². The largest absolute Gasteiger partial charge is 0.480 e. The summed E-state index contributed by atoms with van der Waals surface area (Å²) in [5.41, 5.74) is 0.202. The molecule has 0 aromatic rings. The molecule has 2 N–H and O–H groups in total. The van der Waals surface area contributed by atoms with Crippen LogP contribution in [-0.4, -0.2) is 22.5 Å². The highest BCUT2D eigenvalue weighted by molar-refractivity contribution is 5.95. The van der Waals surface area contributed by atoms with Gasteiger partial charge in [0.05, 0.1) is 0 Å². The minimum Gasteiger partial charge on any atom is -0.480 e. The zero-order valence-corrected chi connectivity index (χ0v) is 9.29. The molecule has 0 saturated heterocycles. The first-order valence-electron chi connectivity index (χ1n) is 5.87. The van der Waals surface area contributed by atoms with Gasteiger partial charge in [0, 0.05) is 6.08 Å². The van der Waals surface area contributed by atoms with Gasteiger partial charge < -0.3 is 10.4 Å². The minimum absolute atomic E-state index is 0.239. The number of hydrogen-bond acceptors (Lipinski definition) is 2. The van der Waals surface area contributed by atoms with Crippen LogP contribution >= 0.6 is 0 Å². The molecule has 0 radical (unpaired) electrons. The van der Waals surface area contributed by atoms with E-state index in [1.165, 1.54) is 6.42 Å². The Labute approximate surface area is 94.7 Å². The van der Waals surface area contributed by atoms with Crippen LogP contribution in [0.2, 0.25) is 0 Å². The van der Waals surface area contributed by atoms with Crippen molar-refractivity contribution in [2.45, 2.75) is 50.5 Å². The Bertz CT molecular complexity index is 334. The highest BCUT2D eigenvalue weighted by atomic mass is 16.4. The molecule has 0 aromatic heterocycles. The topological polar surface area (TPSA) is 66.4 Å². The van der Waals surface area contributed by atoms with Crippen LogP contribution in [0.3, 0.4) is 0 Å². The predicted molar refractivity (Wildman–Crippen MR) is 58.9 cm³/mol. The average Bonchev–Trinajstić information content (AvgIpc) is 3.00. The molecule has 0 aliphatic heterocycles. The van der Waals surface area contributed by atoms with Crippen LogP contribution in [0.5, 0.6) is 0 Å². The summed E-state index contributed by atoms with van der Waals surface area (Å²) in [4.78, 5) is 22.5. The Morgan fingerprint density at radius 3 is 2.31 bits per heavy atom. The molecule has 2 rings (SSSR count). The van der Waals surface area contributed by atoms with Gasteiger partial charge in [-0.3, -0.25) is 4.79 Å². The van der Waals surface area contributed by atoms with Crippen molar-refractivity contribution < 1.29 is 14.7 Å². The van der Waals surface area contributed by atoms with Crippen molar-refractivity contribution in [3.63, 3.8) is 0 Å². The fourth-order valence-electron chi connectivity index (χ4n) is 2.12. The van der Waals surface area contributed by atoms with E-state index in [4.69, 9.17) is 5.11 Å². The van der Waals surface area contributed by atoms with Crippen LogP contribution in [0.1, 0.15) is 44.9 Å². The molecular formula is C12H17NO3. The first-order chi connectivity index (χ1) is 7.62. The second-order valence-electron chi connectivity index (χ2n) is 4.74. The molecule has 1 amide bonds. The Hall–Kier alpha value is -1.32. The monoisotopic (exact) mass is 223 g/mol. The number of nitrogens with one attached hydrogen (secondary N) is 1. The Kier molecular flexibility index (Phi) is 2.99. The van der Waals surface area contributed by atoms with Gasteiger partial charge in [-0.15, -0.1) is 0 Å². The summed E-state index contributed by atoms with van der Waals surface area (Å²) in [7, 11) is 0. The second-order valence-corrected chi connectivity index (χ2v) is 4.74. The summed E-state index contributed by atoms with van der Waals surface area (Å²) in [5, 5.41) is 11.5. The first kappa shape index (κ1) is 11.2. The van der Waals surface area contributed by atoms with Gasteiger partial charge in [-0.25, -0.2) is 4.79 Å². The van der Waals surface area contributed by atoms with E-state index in [1.54, 1.807) is 6.08 Å². The quantitative estimate of drug-likeness (QED) is 0.714. The molecule has 2 aliphatic rings. The summed E-state index contributed by atoms with van der Waals surface area (Å²) < 4.78 is 0. The maximum Gasteiger partial charge on any atom is 0.329 e. The minimum atomic E-state index is -0.956. The first-order valence-corrected chi connectivity index (χ1v) is 5.87. The number of carbonyl (C=O) groups is 2. The Morgan fingerprint density at radius 1 is 1.19 bits per heavy atom. The zero-order valence-electron chi connectivity index (χ0n) is 9.29. The lowest BCUT2D eigenvalue weighted by molar-refractivity contribution is -0.142. The lowest BCUT2D eigenvalue weighted by atomic mass is 9.94. The van der Waals surface area contributed by atoms with E-state index in [0.717, 1.165) is 31.3 Å². The molecule has 0 aromatic carbocycles. The van der Waals surface area contributed by atoms with Gasteiger partial charge in [-0.1, -0.05) is 12.0 Å². The summed E-state index contributed by atoms with van der Waals surface area (Å²) >= 11 is 0. The molecule has 0 spiro atoms. The number of hydrogen-bond donors (Lipinski definition) is 2. The number of aliphatic carboxylic acids is 1. The van der Waals surface area contributed by atoms with Crippen LogP contribution in [-0.2, 0) is 9.59 Å². The summed E-state index contributed by atoms with van der Waals surface area (Å²) in [6.07, 6.45) is 8.18. The van der Waals surface area contributed by atoms with Crippen molar-refractivity contribution in [1.29, 1.82) is 0 Å². The van der Waals surface area contributed by atoms with Gasteiger partial charge in [0.1, 0.15) is 5.54 Å². The smallest absolute Gasteiger partial charge is 0.329 e. The molecule has 2 aliphatic carbocycles. The van der Waals surface area contributed by atoms with Crippen LogP contribution in [0.25, 0.3) is 0 Å². The fourth-order valence-corrected chi connectivity index (χ4v) is 2.12. The van der Waals surface area contributed by atoms with E-state index < -0.39 is 11.5 Å². The molecule has 16 heavy (non-hydrogen) atoms. The van der Waals surface area contributed by atoms with Crippen LogP contribution < -0.4 is 5.32 Å². The standard InChI is InChI=1S/C12H17NO3/c14-10(8-9-4-2-1-3-5-9)13-12(6-7-12)11(15)16/h8H,1-7H2,(H,13,14)(H,15,16). The van der Waals surface area contributed by atoms with Gasteiger partial charge in [0.2, 0.25) is 5.91 Å². The summed E-state index contributed by atoms with van der Waals surface area (Å²) in [6, 6.07) is 0. The normalized spacial score (nSPS) is 22.4. The number of carboxylic acids is 1. The van der Waals surface area contributed by atoms with Crippen molar-refractivity contribution in [3.8, 4) is 0 Å². The third-order valence-electron chi connectivity index (χ3n) is 3.35. The van der Waals surface area contributed by atoms with Gasteiger partial charge in [-0.2, -0.15) is 0 Å². The zero-order chi connectivity index (χ0) is 11.6.